The van der Waals surface area contributed by atoms with Crippen LogP contribution in [-0.4, -0.2) is 30.7 Å². The summed E-state index contributed by atoms with van der Waals surface area (Å²) in [5, 5.41) is 20.6. The highest BCUT2D eigenvalue weighted by Crippen LogP contribution is 2.27. The summed E-state index contributed by atoms with van der Waals surface area (Å²) in [5.74, 6) is -0.646. The first kappa shape index (κ1) is 20.0. The molecule has 0 bridgehead atoms. The Labute approximate surface area is 164 Å². The number of carboxylic acid groups (broad SMARTS) is 1. The standard InChI is InChI=1S/C19H15BrN2O5/c1-26-15-5-3-14(4-6-15)22-19(25)13(10-21)8-12-2-7-17(16(20)9-12)27-11-18(23)24/h2-9H,11H2,1H3,(H,22,25)(H,23,24)/b13-8+. The van der Waals surface area contributed by atoms with Crippen LogP contribution in [0.1, 0.15) is 5.56 Å². The number of hydrogen-bond acceptors (Lipinski definition) is 5. The van der Waals surface area contributed by atoms with Crippen LogP contribution in [0.5, 0.6) is 11.5 Å². The van der Waals surface area contributed by atoms with E-state index in [9.17, 15) is 14.9 Å². The second kappa shape index (κ2) is 9.40. The van der Waals surface area contributed by atoms with Gasteiger partial charge in [-0.25, -0.2) is 4.79 Å². The molecular formula is C19H15BrN2O5. The SMILES string of the molecule is COc1ccc(NC(=O)/C(C#N)=C/c2ccc(OCC(=O)O)c(Br)c2)cc1. The van der Waals surface area contributed by atoms with Crippen molar-refractivity contribution >= 4 is 39.6 Å². The molecule has 0 aliphatic heterocycles. The number of ether oxygens (including phenoxy) is 2. The van der Waals surface area contributed by atoms with Crippen LogP contribution in [0.2, 0.25) is 0 Å². The van der Waals surface area contributed by atoms with E-state index < -0.39 is 18.5 Å². The second-order valence-electron chi connectivity index (χ2n) is 5.22. The minimum absolute atomic E-state index is 0.0862. The molecule has 2 N–H and O–H groups in total. The summed E-state index contributed by atoms with van der Waals surface area (Å²) < 4.78 is 10.7. The molecule has 0 fully saturated rings. The molecule has 0 saturated heterocycles. The number of nitrogens with one attached hydrogen (secondary N) is 1. The summed E-state index contributed by atoms with van der Waals surface area (Å²) in [5.41, 5.74) is 1.02. The van der Waals surface area contributed by atoms with Crippen molar-refractivity contribution in [2.75, 3.05) is 19.0 Å². The van der Waals surface area contributed by atoms with Crippen LogP contribution in [0.4, 0.5) is 5.69 Å². The van der Waals surface area contributed by atoms with Gasteiger partial charge in [0.2, 0.25) is 0 Å². The molecule has 0 atom stereocenters. The zero-order valence-corrected chi connectivity index (χ0v) is 15.8. The zero-order chi connectivity index (χ0) is 19.8. The second-order valence-corrected chi connectivity index (χ2v) is 6.08. The monoisotopic (exact) mass is 430 g/mol. The highest BCUT2D eigenvalue weighted by Gasteiger charge is 2.11. The summed E-state index contributed by atoms with van der Waals surface area (Å²) in [4.78, 5) is 22.9. The Morgan fingerprint density at radius 2 is 1.96 bits per heavy atom. The number of methoxy groups -OCH3 is 1. The average molecular weight is 431 g/mol. The van der Waals surface area contributed by atoms with E-state index in [1.54, 1.807) is 49.6 Å². The number of carbonyl (C=O) groups excluding carboxylic acids is 1. The third-order valence-corrected chi connectivity index (χ3v) is 3.95. The molecule has 0 radical (unpaired) electrons. The number of halogens is 1. The number of nitrogens with zero attached hydrogens (tertiary/aromatic N) is 1. The average Bonchev–Trinajstić information content (AvgIpc) is 2.65. The van der Waals surface area contributed by atoms with Crippen molar-refractivity contribution in [2.45, 2.75) is 0 Å². The lowest BCUT2D eigenvalue weighted by Crippen LogP contribution is -2.13. The fourth-order valence-electron chi connectivity index (χ4n) is 2.05. The van der Waals surface area contributed by atoms with Crippen molar-refractivity contribution in [1.82, 2.24) is 0 Å². The van der Waals surface area contributed by atoms with E-state index in [1.807, 2.05) is 6.07 Å². The predicted octanol–water partition coefficient (Wildman–Crippen LogP) is 3.47. The van der Waals surface area contributed by atoms with Gasteiger partial charge in [0, 0.05) is 5.69 Å². The van der Waals surface area contributed by atoms with E-state index in [-0.39, 0.29) is 5.57 Å². The largest absolute Gasteiger partial charge is 0.497 e. The van der Waals surface area contributed by atoms with Gasteiger partial charge < -0.3 is 19.9 Å². The first-order chi connectivity index (χ1) is 12.9. The van der Waals surface area contributed by atoms with Gasteiger partial charge in [-0.2, -0.15) is 5.26 Å². The van der Waals surface area contributed by atoms with E-state index in [0.717, 1.165) is 0 Å². The highest BCUT2D eigenvalue weighted by atomic mass is 79.9. The van der Waals surface area contributed by atoms with Gasteiger partial charge in [0.05, 0.1) is 11.6 Å². The molecule has 0 unspecified atom stereocenters. The Balaban J connectivity index is 2.14. The van der Waals surface area contributed by atoms with Gasteiger partial charge in [-0.05, 0) is 64.0 Å². The molecule has 2 aromatic carbocycles. The molecule has 7 nitrogen and oxygen atoms in total. The van der Waals surface area contributed by atoms with Crippen LogP contribution >= 0.6 is 15.9 Å². The van der Waals surface area contributed by atoms with Crippen molar-refractivity contribution in [1.29, 1.82) is 5.26 Å². The third-order valence-electron chi connectivity index (χ3n) is 3.33. The van der Waals surface area contributed by atoms with Crippen LogP contribution in [0.3, 0.4) is 0 Å². The first-order valence-electron chi connectivity index (χ1n) is 7.64. The van der Waals surface area contributed by atoms with Gasteiger partial charge >= 0.3 is 5.97 Å². The van der Waals surface area contributed by atoms with Crippen molar-refractivity contribution in [3.05, 3.63) is 58.1 Å². The summed E-state index contributed by atoms with van der Waals surface area (Å²) in [6.45, 7) is -0.471. The topological polar surface area (TPSA) is 109 Å². The number of rotatable bonds is 7. The van der Waals surface area contributed by atoms with Gasteiger partial charge in [0.1, 0.15) is 23.1 Å². The third kappa shape index (κ3) is 5.87. The van der Waals surface area contributed by atoms with E-state index in [4.69, 9.17) is 14.6 Å². The summed E-state index contributed by atoms with van der Waals surface area (Å²) in [6.07, 6.45) is 1.42. The van der Waals surface area contributed by atoms with Crippen molar-refractivity contribution in [3.8, 4) is 17.6 Å². The van der Waals surface area contributed by atoms with Gasteiger partial charge in [0.15, 0.2) is 6.61 Å². The van der Waals surface area contributed by atoms with Crippen LogP contribution in [-0.2, 0) is 9.59 Å². The van der Waals surface area contributed by atoms with Crippen LogP contribution in [0, 0.1) is 11.3 Å². The Morgan fingerprint density at radius 3 is 2.52 bits per heavy atom. The fraction of sp³-hybridized carbons (Fsp3) is 0.105. The van der Waals surface area contributed by atoms with E-state index in [1.165, 1.54) is 6.08 Å². The Hall–Kier alpha value is -3.31. The smallest absolute Gasteiger partial charge is 0.341 e. The maximum absolute atomic E-state index is 12.3. The molecule has 1 amide bonds. The van der Waals surface area contributed by atoms with Crippen LogP contribution in [0.15, 0.2) is 52.5 Å². The Morgan fingerprint density at radius 1 is 1.26 bits per heavy atom. The lowest BCUT2D eigenvalue weighted by Gasteiger charge is -2.07. The molecule has 2 aromatic rings. The van der Waals surface area contributed by atoms with Gasteiger partial charge in [0.25, 0.3) is 5.91 Å². The molecule has 8 heteroatoms. The quantitative estimate of drug-likeness (QED) is 0.514. The Bertz CT molecular complexity index is 917. The van der Waals surface area contributed by atoms with Gasteiger partial charge in [-0.1, -0.05) is 6.07 Å². The number of benzene rings is 2. The zero-order valence-electron chi connectivity index (χ0n) is 14.2. The first-order valence-corrected chi connectivity index (χ1v) is 8.43. The maximum atomic E-state index is 12.3. The van der Waals surface area contributed by atoms with E-state index in [0.29, 0.717) is 27.2 Å². The number of aliphatic carboxylic acids is 1. The highest BCUT2D eigenvalue weighted by molar-refractivity contribution is 9.10. The summed E-state index contributed by atoms with van der Waals surface area (Å²) in [7, 11) is 1.54. The minimum Gasteiger partial charge on any atom is -0.497 e. The van der Waals surface area contributed by atoms with Crippen molar-refractivity contribution < 1.29 is 24.2 Å². The van der Waals surface area contributed by atoms with Gasteiger partial charge in [-0.15, -0.1) is 0 Å². The Kier molecular flexibility index (Phi) is 6.97. The lowest BCUT2D eigenvalue weighted by molar-refractivity contribution is -0.139. The molecule has 0 saturated carbocycles. The maximum Gasteiger partial charge on any atom is 0.341 e. The van der Waals surface area contributed by atoms with Crippen LogP contribution in [0.25, 0.3) is 6.08 Å². The molecule has 2 rings (SSSR count). The lowest BCUT2D eigenvalue weighted by atomic mass is 10.1. The van der Waals surface area contributed by atoms with Crippen LogP contribution < -0.4 is 14.8 Å². The number of carboxylic acids is 1. The van der Waals surface area contributed by atoms with Gasteiger partial charge in [-0.3, -0.25) is 4.79 Å². The summed E-state index contributed by atoms with van der Waals surface area (Å²) in [6, 6.07) is 13.4. The van der Waals surface area contributed by atoms with Crippen molar-refractivity contribution in [2.24, 2.45) is 0 Å². The van der Waals surface area contributed by atoms with E-state index >= 15 is 0 Å². The predicted molar refractivity (Wildman–Crippen MR) is 102 cm³/mol. The molecule has 0 spiro atoms. The minimum atomic E-state index is -1.09. The molecule has 0 heterocycles. The molecular weight excluding hydrogens is 416 g/mol. The number of nitriles is 1. The number of amides is 1. The summed E-state index contributed by atoms with van der Waals surface area (Å²) >= 11 is 3.27. The molecule has 0 aliphatic rings. The molecule has 0 aliphatic carbocycles. The number of carbonyl (C=O) groups is 2. The molecule has 0 aromatic heterocycles. The van der Waals surface area contributed by atoms with E-state index in [2.05, 4.69) is 21.2 Å². The molecule has 138 valence electrons. The van der Waals surface area contributed by atoms with Crippen molar-refractivity contribution in [3.63, 3.8) is 0 Å². The fourth-order valence-corrected chi connectivity index (χ4v) is 2.56. The number of anilines is 1. The molecule has 27 heavy (non-hydrogen) atoms. The normalized spacial score (nSPS) is 10.6. The number of hydrogen-bond donors (Lipinski definition) is 2.